The van der Waals surface area contributed by atoms with E-state index in [4.69, 9.17) is 10.7 Å². The molecule has 0 radical (unpaired) electrons. The van der Waals surface area contributed by atoms with Crippen LogP contribution in [0.5, 0.6) is 0 Å². The van der Waals surface area contributed by atoms with Crippen LogP contribution in [0.3, 0.4) is 0 Å². The predicted octanol–water partition coefficient (Wildman–Crippen LogP) is 3.38. The van der Waals surface area contributed by atoms with E-state index < -0.39 is 0 Å². The molecule has 0 spiro atoms. The summed E-state index contributed by atoms with van der Waals surface area (Å²) in [7, 11) is 0. The lowest BCUT2D eigenvalue weighted by atomic mass is 9.81. The zero-order valence-corrected chi connectivity index (χ0v) is 10.8. The van der Waals surface area contributed by atoms with Gasteiger partial charge in [-0.3, -0.25) is 0 Å². The summed E-state index contributed by atoms with van der Waals surface area (Å²) < 4.78 is 0. The molecule has 2 nitrogen and oxygen atoms in total. The van der Waals surface area contributed by atoms with E-state index in [9.17, 15) is 0 Å². The first-order valence-corrected chi connectivity index (χ1v) is 7.25. The van der Waals surface area contributed by atoms with Gasteiger partial charge >= 0.3 is 0 Å². The lowest BCUT2D eigenvalue weighted by molar-refractivity contribution is 0.351. The summed E-state index contributed by atoms with van der Waals surface area (Å²) in [6.45, 7) is 2.14. The lowest BCUT2D eigenvalue weighted by Gasteiger charge is -2.30. The van der Waals surface area contributed by atoms with Gasteiger partial charge in [0.25, 0.3) is 0 Å². The van der Waals surface area contributed by atoms with Crippen LogP contribution < -0.4 is 5.73 Å². The lowest BCUT2D eigenvalue weighted by Crippen LogP contribution is -2.34. The number of hydrogen-bond donors (Lipinski definition) is 1. The fourth-order valence-electron chi connectivity index (χ4n) is 2.08. The maximum absolute atomic E-state index is 5.81. The highest BCUT2D eigenvalue weighted by molar-refractivity contribution is 7.14. The van der Waals surface area contributed by atoms with Gasteiger partial charge in [0.15, 0.2) is 0 Å². The van der Waals surface area contributed by atoms with Crippen molar-refractivity contribution in [3.05, 3.63) is 27.4 Å². The Morgan fingerprint density at radius 2 is 2.19 bits per heavy atom. The summed E-state index contributed by atoms with van der Waals surface area (Å²) in [5, 5.41) is 5.57. The number of aromatic nitrogens is 1. The first-order valence-electron chi connectivity index (χ1n) is 5.49. The molecule has 4 heteroatoms. The van der Waals surface area contributed by atoms with E-state index in [1.165, 1.54) is 15.4 Å². The van der Waals surface area contributed by atoms with Crippen LogP contribution in [0.25, 0.3) is 10.6 Å². The summed E-state index contributed by atoms with van der Waals surface area (Å²) in [6, 6.07) is 2.55. The van der Waals surface area contributed by atoms with E-state index in [1.807, 2.05) is 0 Å². The maximum Gasteiger partial charge on any atom is 0.0965 e. The molecule has 2 aromatic rings. The van der Waals surface area contributed by atoms with E-state index in [2.05, 4.69) is 23.8 Å². The van der Waals surface area contributed by atoms with E-state index in [1.54, 1.807) is 22.7 Å². The summed E-state index contributed by atoms with van der Waals surface area (Å²) in [4.78, 5) is 6.05. The van der Waals surface area contributed by atoms with Crippen molar-refractivity contribution < 1.29 is 0 Å². The molecule has 1 aliphatic rings. The molecule has 0 atom stereocenters. The smallest absolute Gasteiger partial charge is 0.0965 e. The quantitative estimate of drug-likeness (QED) is 0.887. The Kier molecular flexibility index (Phi) is 2.58. The van der Waals surface area contributed by atoms with Gasteiger partial charge in [0.1, 0.15) is 0 Å². The Bertz CT molecular complexity index is 495. The topological polar surface area (TPSA) is 38.9 Å². The first kappa shape index (κ1) is 10.4. The summed E-state index contributed by atoms with van der Waals surface area (Å²) >= 11 is 3.56. The Morgan fingerprint density at radius 1 is 1.38 bits per heavy atom. The van der Waals surface area contributed by atoms with Crippen molar-refractivity contribution in [1.82, 2.24) is 4.98 Å². The fraction of sp³-hybridized carbons (Fsp3) is 0.417. The summed E-state index contributed by atoms with van der Waals surface area (Å²) in [5.74, 6) is 0.619. The normalized spacial score (nSPS) is 24.4. The summed E-state index contributed by atoms with van der Waals surface area (Å²) in [6.07, 6.45) is 2.22. The number of thiazole rings is 1. The number of hydrogen-bond acceptors (Lipinski definition) is 4. The Morgan fingerprint density at radius 3 is 2.81 bits per heavy atom. The third kappa shape index (κ3) is 1.71. The Hall–Kier alpha value is -0.710. The number of nitrogens with zero attached hydrogens (tertiary/aromatic N) is 1. The van der Waals surface area contributed by atoms with Crippen molar-refractivity contribution in [3.63, 3.8) is 0 Å². The van der Waals surface area contributed by atoms with Crippen LogP contribution in [0.15, 0.2) is 16.8 Å². The molecule has 2 heterocycles. The molecule has 3 rings (SSSR count). The Balaban J connectivity index is 1.86. The summed E-state index contributed by atoms with van der Waals surface area (Å²) in [5.41, 5.74) is 8.28. The molecule has 1 fully saturated rings. The minimum Gasteiger partial charge on any atom is -0.328 e. The molecule has 0 aromatic carbocycles. The van der Waals surface area contributed by atoms with Gasteiger partial charge in [0.05, 0.1) is 15.6 Å². The molecule has 0 unspecified atom stereocenters. The molecule has 2 aromatic heterocycles. The molecule has 16 heavy (non-hydrogen) atoms. The van der Waals surface area contributed by atoms with Crippen molar-refractivity contribution in [3.8, 4) is 10.6 Å². The van der Waals surface area contributed by atoms with Crippen LogP contribution >= 0.6 is 22.7 Å². The van der Waals surface area contributed by atoms with Crippen LogP contribution in [0.2, 0.25) is 0 Å². The van der Waals surface area contributed by atoms with E-state index in [-0.39, 0.29) is 0 Å². The molecule has 0 amide bonds. The van der Waals surface area contributed by atoms with E-state index >= 15 is 0 Å². The van der Waals surface area contributed by atoms with Gasteiger partial charge in [0, 0.05) is 17.3 Å². The highest BCUT2D eigenvalue weighted by Gasteiger charge is 2.29. The third-order valence-electron chi connectivity index (χ3n) is 3.14. The van der Waals surface area contributed by atoms with Crippen LogP contribution in [0, 0.1) is 6.92 Å². The second kappa shape index (κ2) is 3.95. The van der Waals surface area contributed by atoms with E-state index in [0.29, 0.717) is 12.0 Å². The van der Waals surface area contributed by atoms with Gasteiger partial charge in [-0.25, -0.2) is 4.98 Å². The maximum atomic E-state index is 5.81. The molecule has 1 aliphatic carbocycles. The second-order valence-corrected chi connectivity index (χ2v) is 6.24. The standard InChI is InChI=1S/C12H14N2S2/c1-7-2-3-15-11(7)10-6-16-12(14-10)8-4-9(13)5-8/h2-3,6,8-9H,4-5,13H2,1H3. The van der Waals surface area contributed by atoms with Crippen molar-refractivity contribution in [1.29, 1.82) is 0 Å². The zero-order valence-electron chi connectivity index (χ0n) is 9.14. The van der Waals surface area contributed by atoms with Crippen molar-refractivity contribution in [2.75, 3.05) is 0 Å². The highest BCUT2D eigenvalue weighted by Crippen LogP contribution is 2.39. The van der Waals surface area contributed by atoms with Gasteiger partial charge in [0.2, 0.25) is 0 Å². The number of rotatable bonds is 2. The van der Waals surface area contributed by atoms with Gasteiger partial charge in [-0.15, -0.1) is 22.7 Å². The minimum atomic E-state index is 0.404. The van der Waals surface area contributed by atoms with Gasteiger partial charge in [-0.2, -0.15) is 0 Å². The predicted molar refractivity (Wildman–Crippen MR) is 70.1 cm³/mol. The average molecular weight is 250 g/mol. The highest BCUT2D eigenvalue weighted by atomic mass is 32.1. The third-order valence-corrected chi connectivity index (χ3v) is 5.19. The van der Waals surface area contributed by atoms with Gasteiger partial charge in [-0.1, -0.05) is 0 Å². The number of thiophene rings is 1. The molecule has 0 aliphatic heterocycles. The first-order chi connectivity index (χ1) is 7.74. The number of nitrogens with two attached hydrogens (primary N) is 1. The van der Waals surface area contributed by atoms with E-state index in [0.717, 1.165) is 18.5 Å². The zero-order chi connectivity index (χ0) is 11.1. The monoisotopic (exact) mass is 250 g/mol. The second-order valence-electron chi connectivity index (χ2n) is 4.43. The molecule has 84 valence electrons. The SMILES string of the molecule is Cc1ccsc1-c1csc(C2CC(N)C2)n1. The van der Waals surface area contributed by atoms with Crippen LogP contribution in [0.4, 0.5) is 0 Å². The minimum absolute atomic E-state index is 0.404. The molecule has 1 saturated carbocycles. The van der Waals surface area contributed by atoms with Crippen molar-refractivity contribution in [2.45, 2.75) is 31.7 Å². The van der Waals surface area contributed by atoms with Crippen LogP contribution in [-0.2, 0) is 0 Å². The fourth-order valence-corrected chi connectivity index (χ4v) is 3.98. The Labute approximate surface area is 103 Å². The van der Waals surface area contributed by atoms with Crippen molar-refractivity contribution in [2.24, 2.45) is 5.73 Å². The van der Waals surface area contributed by atoms with Crippen molar-refractivity contribution >= 4 is 22.7 Å². The molecular weight excluding hydrogens is 236 g/mol. The molecule has 0 bridgehead atoms. The van der Waals surface area contributed by atoms with Gasteiger partial charge in [-0.05, 0) is 36.8 Å². The molecule has 2 N–H and O–H groups in total. The van der Waals surface area contributed by atoms with Crippen LogP contribution in [0.1, 0.15) is 29.3 Å². The average Bonchev–Trinajstić information content (AvgIpc) is 2.81. The van der Waals surface area contributed by atoms with Crippen LogP contribution in [-0.4, -0.2) is 11.0 Å². The molecular formula is C12H14N2S2. The largest absolute Gasteiger partial charge is 0.328 e. The van der Waals surface area contributed by atoms with Gasteiger partial charge < -0.3 is 5.73 Å². The number of aryl methyl sites for hydroxylation is 1. The molecule has 0 saturated heterocycles.